The summed E-state index contributed by atoms with van der Waals surface area (Å²) < 4.78 is 0. The van der Waals surface area contributed by atoms with Crippen LogP contribution in [0.25, 0.3) is 0 Å². The van der Waals surface area contributed by atoms with Gasteiger partial charge in [0.1, 0.15) is 0 Å². The third-order valence-electron chi connectivity index (χ3n) is 2.65. The summed E-state index contributed by atoms with van der Waals surface area (Å²) in [7, 11) is 0. The lowest BCUT2D eigenvalue weighted by Gasteiger charge is -2.24. The molecule has 0 aliphatic carbocycles. The molecule has 3 nitrogen and oxygen atoms in total. The highest BCUT2D eigenvalue weighted by Crippen LogP contribution is 2.12. The van der Waals surface area contributed by atoms with Crippen LogP contribution in [0, 0.1) is 0 Å². The molecule has 1 heterocycles. The molecular formula is C12H22N2O. The maximum Gasteiger partial charge on any atom is 0.0982 e. The van der Waals surface area contributed by atoms with E-state index in [1.807, 2.05) is 12.4 Å². The fraction of sp³-hybridized carbons (Fsp3) is 0.667. The molecule has 1 atom stereocenters. The molecule has 86 valence electrons. The van der Waals surface area contributed by atoms with Crippen LogP contribution in [0.2, 0.25) is 0 Å². The van der Waals surface area contributed by atoms with E-state index in [1.165, 1.54) is 19.3 Å². The lowest BCUT2D eigenvalue weighted by atomic mass is 10.1. The number of nitrogens with zero attached hydrogens (tertiary/aromatic N) is 1. The first-order valence-electron chi connectivity index (χ1n) is 5.79. The highest BCUT2D eigenvalue weighted by atomic mass is 16.3. The van der Waals surface area contributed by atoms with Gasteiger partial charge in [0.2, 0.25) is 0 Å². The van der Waals surface area contributed by atoms with Crippen molar-refractivity contribution in [2.45, 2.75) is 38.8 Å². The summed E-state index contributed by atoms with van der Waals surface area (Å²) in [6.07, 6.45) is 13.5. The number of nitrogens with one attached hydrogen (secondary N) is 1. The molecule has 0 bridgehead atoms. The number of β-amino-alcohol motifs (C(OH)–C–C–N with tert-alkyl or cyclic N) is 1. The summed E-state index contributed by atoms with van der Waals surface area (Å²) in [6.45, 7) is 3.01. The minimum absolute atomic E-state index is 0.223. The molecule has 0 saturated carbocycles. The Morgan fingerprint density at radius 3 is 3.07 bits per heavy atom. The second-order valence-electron chi connectivity index (χ2n) is 3.81. The molecule has 2 N–H and O–H groups in total. The molecule has 0 aromatic carbocycles. The van der Waals surface area contributed by atoms with Crippen molar-refractivity contribution in [3.05, 3.63) is 24.6 Å². The zero-order valence-electron chi connectivity index (χ0n) is 9.52. The van der Waals surface area contributed by atoms with Gasteiger partial charge < -0.3 is 15.3 Å². The molecule has 0 radical (unpaired) electrons. The van der Waals surface area contributed by atoms with Crippen LogP contribution in [0.15, 0.2) is 24.6 Å². The molecule has 1 aliphatic heterocycles. The summed E-state index contributed by atoms with van der Waals surface area (Å²) >= 11 is 0. The summed E-state index contributed by atoms with van der Waals surface area (Å²) in [5.74, 6) is 0. The Balaban J connectivity index is 2.10. The van der Waals surface area contributed by atoms with E-state index in [9.17, 15) is 0 Å². The maximum absolute atomic E-state index is 8.87. The van der Waals surface area contributed by atoms with Crippen molar-refractivity contribution in [3.63, 3.8) is 0 Å². The van der Waals surface area contributed by atoms with E-state index in [-0.39, 0.29) is 6.61 Å². The Bertz CT molecular complexity index is 214. The molecule has 15 heavy (non-hydrogen) atoms. The molecule has 0 aromatic rings. The molecule has 1 unspecified atom stereocenters. The lowest BCUT2D eigenvalue weighted by molar-refractivity contribution is 0.194. The first kappa shape index (κ1) is 12.1. The maximum atomic E-state index is 8.87. The highest BCUT2D eigenvalue weighted by molar-refractivity contribution is 4.93. The summed E-state index contributed by atoms with van der Waals surface area (Å²) in [6, 6.07) is 0. The van der Waals surface area contributed by atoms with Gasteiger partial charge in [0.15, 0.2) is 0 Å². The van der Waals surface area contributed by atoms with Crippen molar-refractivity contribution in [1.82, 2.24) is 10.2 Å². The molecule has 0 aromatic heterocycles. The van der Waals surface area contributed by atoms with Crippen molar-refractivity contribution in [2.24, 2.45) is 0 Å². The smallest absolute Gasteiger partial charge is 0.0982 e. The van der Waals surface area contributed by atoms with Crippen molar-refractivity contribution in [1.29, 1.82) is 0 Å². The second kappa shape index (κ2) is 7.35. The van der Waals surface area contributed by atoms with Crippen LogP contribution in [0.1, 0.15) is 32.6 Å². The van der Waals surface area contributed by atoms with E-state index < -0.39 is 0 Å². The zero-order valence-corrected chi connectivity index (χ0v) is 9.52. The van der Waals surface area contributed by atoms with Crippen molar-refractivity contribution < 1.29 is 5.11 Å². The van der Waals surface area contributed by atoms with Gasteiger partial charge >= 0.3 is 0 Å². The van der Waals surface area contributed by atoms with Gasteiger partial charge in [0.05, 0.1) is 12.8 Å². The molecule has 0 saturated heterocycles. The van der Waals surface area contributed by atoms with Crippen molar-refractivity contribution >= 4 is 0 Å². The van der Waals surface area contributed by atoms with Crippen molar-refractivity contribution in [3.8, 4) is 0 Å². The average molecular weight is 210 g/mol. The molecule has 0 amide bonds. The molecule has 3 heteroatoms. The molecular weight excluding hydrogens is 188 g/mol. The molecule has 0 spiro atoms. The number of aliphatic hydroxyl groups excluding tert-OH is 1. The van der Waals surface area contributed by atoms with E-state index in [1.54, 1.807) is 0 Å². The average Bonchev–Trinajstić information content (AvgIpc) is 2.66. The van der Waals surface area contributed by atoms with Gasteiger partial charge in [-0.25, -0.2) is 0 Å². The van der Waals surface area contributed by atoms with Crippen LogP contribution in [0.3, 0.4) is 0 Å². The summed E-state index contributed by atoms with van der Waals surface area (Å²) in [5, 5.41) is 12.2. The molecule has 0 fully saturated rings. The van der Waals surface area contributed by atoms with Crippen LogP contribution >= 0.6 is 0 Å². The number of unbranched alkanes of at least 4 members (excludes halogenated alkanes) is 2. The predicted molar refractivity (Wildman–Crippen MR) is 63.1 cm³/mol. The topological polar surface area (TPSA) is 35.5 Å². The first-order chi connectivity index (χ1) is 7.38. The lowest BCUT2D eigenvalue weighted by Crippen LogP contribution is -2.36. The standard InChI is InChI=1S/C12H22N2O/c1-2-3-4-5-6-7-12-13-8-9-14(12)10-11-15/h2-3,8-9,12-13,15H,4-7,10-11H2,1H3/b3-2+. The Morgan fingerprint density at radius 2 is 2.33 bits per heavy atom. The second-order valence-corrected chi connectivity index (χ2v) is 3.81. The Morgan fingerprint density at radius 1 is 1.47 bits per heavy atom. The van der Waals surface area contributed by atoms with Gasteiger partial charge in [-0.3, -0.25) is 0 Å². The number of hydrogen-bond donors (Lipinski definition) is 2. The van der Waals surface area contributed by atoms with Crippen LogP contribution in [0.4, 0.5) is 0 Å². The Hall–Kier alpha value is -0.960. The number of hydrogen-bond acceptors (Lipinski definition) is 3. The van der Waals surface area contributed by atoms with Crippen molar-refractivity contribution in [2.75, 3.05) is 13.2 Å². The molecule has 1 rings (SSSR count). The zero-order chi connectivity index (χ0) is 10.9. The van der Waals surface area contributed by atoms with Gasteiger partial charge in [0.25, 0.3) is 0 Å². The van der Waals surface area contributed by atoms with E-state index in [2.05, 4.69) is 29.3 Å². The third kappa shape index (κ3) is 4.38. The van der Waals surface area contributed by atoms with E-state index in [0.717, 1.165) is 13.0 Å². The fourth-order valence-electron chi connectivity index (χ4n) is 1.81. The fourth-order valence-corrected chi connectivity index (χ4v) is 1.81. The normalized spacial score (nSPS) is 20.1. The van der Waals surface area contributed by atoms with Gasteiger partial charge in [-0.05, 0) is 32.6 Å². The number of aliphatic hydroxyl groups is 1. The first-order valence-corrected chi connectivity index (χ1v) is 5.79. The van der Waals surface area contributed by atoms with E-state index in [4.69, 9.17) is 5.11 Å². The van der Waals surface area contributed by atoms with Gasteiger partial charge in [-0.15, -0.1) is 0 Å². The minimum Gasteiger partial charge on any atom is -0.395 e. The Labute approximate surface area is 92.5 Å². The molecule has 1 aliphatic rings. The van der Waals surface area contributed by atoms with Gasteiger partial charge in [-0.2, -0.15) is 0 Å². The van der Waals surface area contributed by atoms with Crippen LogP contribution in [-0.2, 0) is 0 Å². The Kier molecular flexibility index (Phi) is 5.93. The largest absolute Gasteiger partial charge is 0.395 e. The van der Waals surface area contributed by atoms with Crippen LogP contribution in [-0.4, -0.2) is 29.3 Å². The SMILES string of the molecule is C/C=C/CCCCC1NC=CN1CCO. The summed E-state index contributed by atoms with van der Waals surface area (Å²) in [5.41, 5.74) is 0. The summed E-state index contributed by atoms with van der Waals surface area (Å²) in [4.78, 5) is 2.16. The number of allylic oxidation sites excluding steroid dienone is 2. The third-order valence-corrected chi connectivity index (χ3v) is 2.65. The predicted octanol–water partition coefficient (Wildman–Crippen LogP) is 1.82. The van der Waals surface area contributed by atoms with Gasteiger partial charge in [-0.1, -0.05) is 12.2 Å². The highest BCUT2D eigenvalue weighted by Gasteiger charge is 2.16. The monoisotopic (exact) mass is 210 g/mol. The van der Waals surface area contributed by atoms with Crippen LogP contribution < -0.4 is 5.32 Å². The number of rotatable bonds is 7. The van der Waals surface area contributed by atoms with E-state index >= 15 is 0 Å². The quantitative estimate of drug-likeness (QED) is 0.497. The van der Waals surface area contributed by atoms with Crippen LogP contribution in [0.5, 0.6) is 0 Å². The van der Waals surface area contributed by atoms with E-state index in [0.29, 0.717) is 6.17 Å². The van der Waals surface area contributed by atoms with Gasteiger partial charge in [0, 0.05) is 18.9 Å². The minimum atomic E-state index is 0.223.